The summed E-state index contributed by atoms with van der Waals surface area (Å²) >= 11 is 0. The highest BCUT2D eigenvalue weighted by molar-refractivity contribution is 5.65. The van der Waals surface area contributed by atoms with Gasteiger partial charge in [-0.15, -0.1) is 0 Å². The Hall–Kier alpha value is -3.79. The van der Waals surface area contributed by atoms with E-state index in [1.807, 2.05) is 36.4 Å². The highest BCUT2D eigenvalue weighted by Gasteiger charge is 2.36. The number of amides is 1. The highest BCUT2D eigenvalue weighted by atomic mass is 16.5. The number of likely N-dealkylation sites (tertiary alicyclic amines) is 1. The Morgan fingerprint density at radius 3 is 2.67 bits per heavy atom. The summed E-state index contributed by atoms with van der Waals surface area (Å²) in [6.07, 6.45) is 0.621. The number of nitrogens with two attached hydrogens (primary N) is 1. The Morgan fingerprint density at radius 1 is 1.11 bits per heavy atom. The fourth-order valence-corrected chi connectivity index (χ4v) is 6.36. The number of nitrogens with one attached hydrogen (secondary N) is 1. The van der Waals surface area contributed by atoms with E-state index >= 15 is 0 Å². The first kappa shape index (κ1) is 32.6. The van der Waals surface area contributed by atoms with Gasteiger partial charge in [0.1, 0.15) is 11.5 Å². The maximum absolute atomic E-state index is 11.9. The fourth-order valence-electron chi connectivity index (χ4n) is 6.36. The number of ether oxygens (including phenoxy) is 4. The van der Waals surface area contributed by atoms with Crippen molar-refractivity contribution in [1.29, 1.82) is 0 Å². The smallest absolute Gasteiger partial charge is 0.407 e. The van der Waals surface area contributed by atoms with Crippen LogP contribution >= 0.6 is 0 Å². The van der Waals surface area contributed by atoms with Crippen molar-refractivity contribution >= 4 is 11.8 Å². The minimum Gasteiger partial charge on any atom is -0.496 e. The first-order chi connectivity index (χ1) is 21.8. The molecule has 0 aliphatic carbocycles. The molecule has 9 nitrogen and oxygen atoms in total. The number of nitrogens with zero attached hydrogens (tertiary/aromatic N) is 1. The third-order valence-corrected chi connectivity index (χ3v) is 8.92. The molecule has 242 valence electrons. The lowest BCUT2D eigenvalue weighted by Crippen LogP contribution is -2.46. The molecule has 1 amide bonds. The van der Waals surface area contributed by atoms with E-state index < -0.39 is 6.09 Å². The zero-order valence-electron chi connectivity index (χ0n) is 26.7. The maximum Gasteiger partial charge on any atom is 0.407 e. The third-order valence-electron chi connectivity index (χ3n) is 8.92. The molecule has 3 aromatic carbocycles. The predicted octanol–water partition coefficient (Wildman–Crippen LogP) is 6.33. The second-order valence-corrected chi connectivity index (χ2v) is 12.5. The van der Waals surface area contributed by atoms with Gasteiger partial charge in [0.25, 0.3) is 0 Å². The zero-order chi connectivity index (χ0) is 31.8. The predicted molar refractivity (Wildman–Crippen MR) is 175 cm³/mol. The van der Waals surface area contributed by atoms with Crippen LogP contribution in [0.1, 0.15) is 67.4 Å². The molecule has 0 saturated carbocycles. The standard InChI is InChI=1S/C36H47N3O6/c1-36(2)24-38-31-21-26(11-14-30(31)36)33(15-17-37)45-34-22-39(35(40)41)18-16-29(34)25-9-12-28(13-10-25)44-20-6-19-43-23-27-7-4-5-8-32(27)42-3/h4-5,7-14,21,29,33-34,38H,6,15-20,22-24,37H2,1-3H3,(H,40,41). The number of carbonyl (C=O) groups is 1. The summed E-state index contributed by atoms with van der Waals surface area (Å²) in [5, 5.41) is 13.3. The van der Waals surface area contributed by atoms with Crippen LogP contribution in [0, 0.1) is 0 Å². The van der Waals surface area contributed by atoms with Crippen LogP contribution < -0.4 is 20.5 Å². The first-order valence-corrected chi connectivity index (χ1v) is 15.9. The van der Waals surface area contributed by atoms with E-state index in [4.69, 9.17) is 24.7 Å². The lowest BCUT2D eigenvalue weighted by atomic mass is 9.85. The molecule has 2 aliphatic heterocycles. The summed E-state index contributed by atoms with van der Waals surface area (Å²) in [6, 6.07) is 22.5. The molecule has 5 rings (SSSR count). The van der Waals surface area contributed by atoms with Crippen LogP contribution in [0.15, 0.2) is 66.7 Å². The molecule has 0 radical (unpaired) electrons. The third kappa shape index (κ3) is 8.09. The van der Waals surface area contributed by atoms with Gasteiger partial charge in [-0.05, 0) is 60.3 Å². The number of piperidine rings is 1. The van der Waals surface area contributed by atoms with E-state index in [1.165, 1.54) is 10.5 Å². The number of fused-ring (bicyclic) bond motifs is 1. The van der Waals surface area contributed by atoms with Gasteiger partial charge in [0.15, 0.2) is 0 Å². The maximum atomic E-state index is 11.9. The van der Waals surface area contributed by atoms with Crippen molar-refractivity contribution in [2.24, 2.45) is 5.73 Å². The SMILES string of the molecule is COc1ccccc1COCCCOc1ccc(C2CCN(C(=O)O)CC2OC(CCN)c2ccc3c(c2)NCC3(C)C)cc1. The number of methoxy groups -OCH3 is 1. The number of rotatable bonds is 14. The van der Waals surface area contributed by atoms with Gasteiger partial charge in [-0.25, -0.2) is 4.79 Å². The van der Waals surface area contributed by atoms with Crippen molar-refractivity contribution in [2.45, 2.75) is 63.3 Å². The molecule has 3 atom stereocenters. The number of carboxylic acid groups (broad SMARTS) is 1. The van der Waals surface area contributed by atoms with Gasteiger partial charge < -0.3 is 40.0 Å². The first-order valence-electron chi connectivity index (χ1n) is 15.9. The Kier molecular flexibility index (Phi) is 10.9. The average Bonchev–Trinajstić information content (AvgIpc) is 3.36. The number of para-hydroxylation sites is 1. The van der Waals surface area contributed by atoms with Gasteiger partial charge in [-0.1, -0.05) is 56.3 Å². The molecule has 3 aromatic rings. The van der Waals surface area contributed by atoms with Gasteiger partial charge in [-0.2, -0.15) is 0 Å². The minimum absolute atomic E-state index is 0.0461. The zero-order valence-corrected chi connectivity index (χ0v) is 26.7. The average molecular weight is 618 g/mol. The Labute approximate surface area is 266 Å². The molecule has 9 heteroatoms. The van der Waals surface area contributed by atoms with Crippen LogP contribution in [0.4, 0.5) is 10.5 Å². The molecule has 1 saturated heterocycles. The van der Waals surface area contributed by atoms with Crippen molar-refractivity contribution in [3.63, 3.8) is 0 Å². The van der Waals surface area contributed by atoms with Gasteiger partial charge >= 0.3 is 6.09 Å². The summed E-state index contributed by atoms with van der Waals surface area (Å²) in [5.74, 6) is 1.66. The molecule has 2 heterocycles. The molecule has 0 spiro atoms. The lowest BCUT2D eigenvalue weighted by Gasteiger charge is -2.39. The summed E-state index contributed by atoms with van der Waals surface area (Å²) in [5.41, 5.74) is 11.8. The van der Waals surface area contributed by atoms with E-state index in [1.54, 1.807) is 7.11 Å². The summed E-state index contributed by atoms with van der Waals surface area (Å²) < 4.78 is 24.0. The molecular weight excluding hydrogens is 570 g/mol. The second kappa shape index (κ2) is 15.0. The van der Waals surface area contributed by atoms with E-state index in [0.29, 0.717) is 52.3 Å². The van der Waals surface area contributed by atoms with Crippen LogP contribution in [-0.2, 0) is 21.5 Å². The van der Waals surface area contributed by atoms with Crippen LogP contribution in [0.2, 0.25) is 0 Å². The van der Waals surface area contributed by atoms with Crippen molar-refractivity contribution in [3.05, 3.63) is 89.0 Å². The number of anilines is 1. The topological polar surface area (TPSA) is 116 Å². The Balaban J connectivity index is 1.19. The Morgan fingerprint density at radius 2 is 1.91 bits per heavy atom. The fraction of sp³-hybridized carbons (Fsp3) is 0.472. The van der Waals surface area contributed by atoms with Crippen molar-refractivity contribution in [2.75, 3.05) is 51.8 Å². The summed E-state index contributed by atoms with van der Waals surface area (Å²) in [7, 11) is 1.66. The van der Waals surface area contributed by atoms with Crippen molar-refractivity contribution < 1.29 is 28.8 Å². The molecule has 4 N–H and O–H groups in total. The van der Waals surface area contributed by atoms with E-state index in [-0.39, 0.29) is 23.5 Å². The monoisotopic (exact) mass is 617 g/mol. The number of hydrogen-bond donors (Lipinski definition) is 3. The van der Waals surface area contributed by atoms with Crippen molar-refractivity contribution in [3.8, 4) is 11.5 Å². The Bertz CT molecular complexity index is 1410. The van der Waals surface area contributed by atoms with E-state index in [9.17, 15) is 9.90 Å². The van der Waals surface area contributed by atoms with Gasteiger partial charge in [0.2, 0.25) is 0 Å². The quantitative estimate of drug-likeness (QED) is 0.180. The van der Waals surface area contributed by atoms with E-state index in [0.717, 1.165) is 46.8 Å². The van der Waals surface area contributed by atoms with Gasteiger partial charge in [0, 0.05) is 42.1 Å². The summed E-state index contributed by atoms with van der Waals surface area (Å²) in [4.78, 5) is 13.4. The largest absolute Gasteiger partial charge is 0.496 e. The molecule has 2 aliphatic rings. The van der Waals surface area contributed by atoms with Crippen molar-refractivity contribution in [1.82, 2.24) is 4.90 Å². The van der Waals surface area contributed by atoms with Crippen LogP contribution in [0.25, 0.3) is 0 Å². The normalized spacial score (nSPS) is 19.4. The molecule has 3 unspecified atom stereocenters. The molecule has 0 aromatic heterocycles. The van der Waals surface area contributed by atoms with Gasteiger partial charge in [0.05, 0.1) is 45.7 Å². The minimum atomic E-state index is -0.919. The molecule has 0 bridgehead atoms. The second-order valence-electron chi connectivity index (χ2n) is 12.5. The van der Waals surface area contributed by atoms with Gasteiger partial charge in [-0.3, -0.25) is 0 Å². The van der Waals surface area contributed by atoms with Crippen LogP contribution in [0.3, 0.4) is 0 Å². The highest BCUT2D eigenvalue weighted by Crippen LogP contribution is 2.40. The number of hydrogen-bond acceptors (Lipinski definition) is 7. The lowest BCUT2D eigenvalue weighted by molar-refractivity contribution is -0.0594. The number of benzene rings is 3. The van der Waals surface area contributed by atoms with Crippen LogP contribution in [0.5, 0.6) is 11.5 Å². The molecule has 1 fully saturated rings. The van der Waals surface area contributed by atoms with Crippen LogP contribution in [-0.4, -0.2) is 68.7 Å². The summed E-state index contributed by atoms with van der Waals surface area (Å²) in [6.45, 7) is 8.24. The molecule has 45 heavy (non-hydrogen) atoms. The molecular formula is C36H47N3O6. The van der Waals surface area contributed by atoms with E-state index in [2.05, 4.69) is 49.5 Å².